The third-order valence-corrected chi connectivity index (χ3v) is 5.27. The maximum absolute atomic E-state index is 12.7. The van der Waals surface area contributed by atoms with Gasteiger partial charge in [0, 0.05) is 23.2 Å². The summed E-state index contributed by atoms with van der Waals surface area (Å²) in [5.41, 5.74) is 1.14. The number of carbonyl (C=O) groups is 1. The topological polar surface area (TPSA) is 81.7 Å². The molecule has 1 aliphatic heterocycles. The molecule has 0 amide bonds. The van der Waals surface area contributed by atoms with Gasteiger partial charge in [-0.3, -0.25) is 4.79 Å². The number of carboxylic acids is 1. The second kappa shape index (κ2) is 5.74. The lowest BCUT2D eigenvalue weighted by atomic mass is 9.79. The van der Waals surface area contributed by atoms with Crippen LogP contribution in [0.1, 0.15) is 42.7 Å². The van der Waals surface area contributed by atoms with Gasteiger partial charge in [0.15, 0.2) is 11.5 Å². The van der Waals surface area contributed by atoms with Crippen molar-refractivity contribution in [2.75, 3.05) is 7.11 Å². The Morgan fingerprint density at radius 3 is 2.63 bits per heavy atom. The number of methoxy groups -OCH3 is 1. The zero-order chi connectivity index (χ0) is 19.5. The molecule has 27 heavy (non-hydrogen) atoms. The minimum Gasteiger partial charge on any atom is -0.491 e. The molecule has 1 aromatic carbocycles. The summed E-state index contributed by atoms with van der Waals surface area (Å²) in [5.74, 6) is -0.691. The predicted octanol–water partition coefficient (Wildman–Crippen LogP) is 4.11. The van der Waals surface area contributed by atoms with E-state index in [1.165, 1.54) is 13.3 Å². The molecule has 0 spiro atoms. The van der Waals surface area contributed by atoms with Crippen LogP contribution in [0.2, 0.25) is 0 Å². The summed E-state index contributed by atoms with van der Waals surface area (Å²) in [6.45, 7) is 6.29. The van der Waals surface area contributed by atoms with Crippen molar-refractivity contribution in [1.82, 2.24) is 4.57 Å². The first-order chi connectivity index (χ1) is 12.7. The number of fused-ring (bicyclic) bond motifs is 5. The highest BCUT2D eigenvalue weighted by Gasteiger charge is 2.38. The molecule has 4 rings (SSSR count). The molecular formula is C21H21NO5. The van der Waals surface area contributed by atoms with E-state index in [0.29, 0.717) is 17.9 Å². The third-order valence-electron chi connectivity index (χ3n) is 5.27. The highest BCUT2D eigenvalue weighted by Crippen LogP contribution is 2.48. The molecule has 1 aliphatic rings. The minimum atomic E-state index is -1.27. The van der Waals surface area contributed by atoms with Gasteiger partial charge in [-0.2, -0.15) is 0 Å². The van der Waals surface area contributed by atoms with Crippen LogP contribution in [0, 0.1) is 5.41 Å². The maximum Gasteiger partial charge on any atom is 0.341 e. The van der Waals surface area contributed by atoms with Crippen LogP contribution in [0.5, 0.6) is 5.75 Å². The van der Waals surface area contributed by atoms with Gasteiger partial charge in [-0.15, -0.1) is 0 Å². The third kappa shape index (κ3) is 2.47. The van der Waals surface area contributed by atoms with Gasteiger partial charge < -0.3 is 18.8 Å². The van der Waals surface area contributed by atoms with Gasteiger partial charge in [0.2, 0.25) is 5.43 Å². The van der Waals surface area contributed by atoms with Crippen LogP contribution in [0.3, 0.4) is 0 Å². The Hall–Kier alpha value is -3.02. The molecule has 140 valence electrons. The number of aromatic carboxylic acids is 1. The Morgan fingerprint density at radius 1 is 1.30 bits per heavy atom. The quantitative estimate of drug-likeness (QED) is 0.737. The van der Waals surface area contributed by atoms with Crippen molar-refractivity contribution in [1.29, 1.82) is 0 Å². The smallest absolute Gasteiger partial charge is 0.341 e. The largest absolute Gasteiger partial charge is 0.491 e. The number of ether oxygens (including phenoxy) is 1. The molecule has 6 nitrogen and oxygen atoms in total. The van der Waals surface area contributed by atoms with Crippen molar-refractivity contribution < 1.29 is 19.1 Å². The molecule has 0 radical (unpaired) electrons. The summed E-state index contributed by atoms with van der Waals surface area (Å²) in [6, 6.07) is 7.69. The number of hydrogen-bond donors (Lipinski definition) is 1. The first-order valence-corrected chi connectivity index (χ1v) is 8.81. The van der Waals surface area contributed by atoms with Gasteiger partial charge in [0.05, 0.1) is 7.11 Å². The number of rotatable bonds is 2. The molecule has 3 aromatic rings. The molecule has 6 heteroatoms. The maximum atomic E-state index is 12.7. The first kappa shape index (κ1) is 17.4. The molecule has 0 saturated carbocycles. The van der Waals surface area contributed by atoms with E-state index < -0.39 is 11.4 Å². The van der Waals surface area contributed by atoms with E-state index in [4.69, 9.17) is 9.15 Å². The minimum absolute atomic E-state index is 0.00385. The second-order valence-corrected chi connectivity index (χ2v) is 7.96. The number of nitrogens with zero attached hydrogens (tertiary/aromatic N) is 1. The number of aromatic nitrogens is 1. The average Bonchev–Trinajstić information content (AvgIpc) is 2.98. The van der Waals surface area contributed by atoms with Crippen molar-refractivity contribution in [3.05, 3.63) is 51.8 Å². The summed E-state index contributed by atoms with van der Waals surface area (Å²) in [7, 11) is 1.38. The lowest BCUT2D eigenvalue weighted by molar-refractivity contribution is 0.0693. The first-order valence-electron chi connectivity index (χ1n) is 8.81. The van der Waals surface area contributed by atoms with Crippen LogP contribution in [-0.4, -0.2) is 22.8 Å². The number of pyridine rings is 1. The van der Waals surface area contributed by atoms with E-state index in [1.54, 1.807) is 0 Å². The molecule has 0 bridgehead atoms. The highest BCUT2D eigenvalue weighted by molar-refractivity contribution is 5.91. The van der Waals surface area contributed by atoms with E-state index in [-0.39, 0.29) is 22.8 Å². The molecule has 3 heterocycles. The van der Waals surface area contributed by atoms with Crippen molar-refractivity contribution in [3.63, 3.8) is 0 Å². The molecule has 1 N–H and O–H groups in total. The predicted molar refractivity (Wildman–Crippen MR) is 102 cm³/mol. The number of para-hydroxylation sites is 1. The molecule has 0 unspecified atom stereocenters. The van der Waals surface area contributed by atoms with Crippen LogP contribution in [0.15, 0.2) is 39.7 Å². The number of carboxylic acid groups (broad SMARTS) is 1. The molecule has 0 saturated heterocycles. The Morgan fingerprint density at radius 2 is 2.00 bits per heavy atom. The van der Waals surface area contributed by atoms with Gasteiger partial charge in [0.25, 0.3) is 0 Å². The van der Waals surface area contributed by atoms with Crippen LogP contribution in [0.4, 0.5) is 0 Å². The fourth-order valence-electron chi connectivity index (χ4n) is 3.93. The van der Waals surface area contributed by atoms with E-state index in [1.807, 2.05) is 28.8 Å². The normalized spacial score (nSPS) is 16.1. The van der Waals surface area contributed by atoms with Crippen molar-refractivity contribution >= 4 is 16.9 Å². The molecule has 2 aromatic heterocycles. The highest BCUT2D eigenvalue weighted by atomic mass is 16.5. The van der Waals surface area contributed by atoms with Crippen LogP contribution in [-0.2, 0) is 6.42 Å². The molecule has 1 atom stereocenters. The summed E-state index contributed by atoms with van der Waals surface area (Å²) in [5, 5.41) is 10.5. The Kier molecular flexibility index (Phi) is 3.70. The SMILES string of the molecule is COc1c2n(cc(C(=O)O)c1=O)[C@H](C(C)(C)C)Cc1c-2oc2ccccc12. The molecule has 0 aliphatic carbocycles. The lowest BCUT2D eigenvalue weighted by Gasteiger charge is -2.37. The van der Waals surface area contributed by atoms with Gasteiger partial charge >= 0.3 is 5.97 Å². The zero-order valence-corrected chi connectivity index (χ0v) is 15.7. The second-order valence-electron chi connectivity index (χ2n) is 7.96. The standard InChI is InChI=1S/C21H21NO5/c1-21(2,3)15-9-12-11-7-5-6-8-14(11)27-18(12)16-19(26-4)17(23)13(20(24)25)10-22(15)16/h5-8,10,15H,9H2,1-4H3,(H,24,25)/t15-/m0/s1. The van der Waals surface area contributed by atoms with Crippen molar-refractivity contribution in [3.8, 4) is 17.2 Å². The Labute approximate surface area is 156 Å². The Bertz CT molecular complexity index is 1130. The summed E-state index contributed by atoms with van der Waals surface area (Å²) in [4.78, 5) is 24.4. The fourth-order valence-corrected chi connectivity index (χ4v) is 3.93. The number of hydrogen-bond acceptors (Lipinski definition) is 4. The van der Waals surface area contributed by atoms with Gasteiger partial charge in [0.1, 0.15) is 16.8 Å². The van der Waals surface area contributed by atoms with E-state index in [9.17, 15) is 14.7 Å². The van der Waals surface area contributed by atoms with E-state index in [0.717, 1.165) is 16.5 Å². The van der Waals surface area contributed by atoms with Crippen LogP contribution >= 0.6 is 0 Å². The summed E-state index contributed by atoms with van der Waals surface area (Å²) < 4.78 is 13.3. The van der Waals surface area contributed by atoms with Gasteiger partial charge in [-0.05, 0) is 17.9 Å². The average molecular weight is 367 g/mol. The fraction of sp³-hybridized carbons (Fsp3) is 0.333. The lowest BCUT2D eigenvalue weighted by Crippen LogP contribution is -2.33. The summed E-state index contributed by atoms with van der Waals surface area (Å²) in [6.07, 6.45) is 2.10. The van der Waals surface area contributed by atoms with E-state index in [2.05, 4.69) is 20.8 Å². The monoisotopic (exact) mass is 367 g/mol. The van der Waals surface area contributed by atoms with Crippen LogP contribution < -0.4 is 10.2 Å². The number of benzene rings is 1. The molecule has 0 fully saturated rings. The van der Waals surface area contributed by atoms with E-state index >= 15 is 0 Å². The Balaban J connectivity index is 2.16. The number of furan rings is 1. The van der Waals surface area contributed by atoms with Gasteiger partial charge in [-0.1, -0.05) is 39.0 Å². The molecular weight excluding hydrogens is 346 g/mol. The van der Waals surface area contributed by atoms with Crippen molar-refractivity contribution in [2.24, 2.45) is 5.41 Å². The van der Waals surface area contributed by atoms with Crippen molar-refractivity contribution in [2.45, 2.75) is 33.2 Å². The van der Waals surface area contributed by atoms with Crippen LogP contribution in [0.25, 0.3) is 22.4 Å². The zero-order valence-electron chi connectivity index (χ0n) is 15.7. The van der Waals surface area contributed by atoms with Gasteiger partial charge in [-0.25, -0.2) is 4.79 Å². The summed E-state index contributed by atoms with van der Waals surface area (Å²) >= 11 is 0.